The number of nitrogens with one attached hydrogen (secondary N) is 1. The highest BCUT2D eigenvalue weighted by molar-refractivity contribution is 9.09. The number of ether oxygens (including phenoxy) is 1. The third-order valence-electron chi connectivity index (χ3n) is 2.30. The highest BCUT2D eigenvalue weighted by atomic mass is 79.9. The third kappa shape index (κ3) is 4.34. The van der Waals surface area contributed by atoms with Gasteiger partial charge in [0.15, 0.2) is 0 Å². The van der Waals surface area contributed by atoms with Gasteiger partial charge in [-0.15, -0.1) is 0 Å². The number of carbonyl (C=O) groups excluding carboxylic acids is 1. The van der Waals surface area contributed by atoms with E-state index >= 15 is 0 Å². The maximum Gasteiger partial charge on any atom is 0.256 e. The summed E-state index contributed by atoms with van der Waals surface area (Å²) in [6.07, 6.45) is 3.71. The first-order chi connectivity index (χ1) is 8.19. The van der Waals surface area contributed by atoms with Gasteiger partial charge in [-0.1, -0.05) is 29.3 Å². The van der Waals surface area contributed by atoms with Crippen LogP contribution in [-0.2, 0) is 0 Å². The van der Waals surface area contributed by atoms with Gasteiger partial charge >= 0.3 is 0 Å². The van der Waals surface area contributed by atoms with Gasteiger partial charge in [0.1, 0.15) is 5.56 Å². The summed E-state index contributed by atoms with van der Waals surface area (Å²) in [6.45, 7) is 2.71. The van der Waals surface area contributed by atoms with Gasteiger partial charge in [0, 0.05) is 17.6 Å². The fraction of sp³-hybridized carbons (Fsp3) is 0.500. The number of carbonyl (C=O) groups is 1. The van der Waals surface area contributed by atoms with Gasteiger partial charge < -0.3 is 10.1 Å². The molecule has 0 aliphatic rings. The zero-order chi connectivity index (χ0) is 12.7. The molecule has 0 aliphatic heterocycles. The molecule has 1 heterocycles. The topological polar surface area (TPSA) is 51.2 Å². The number of hydrogen-bond acceptors (Lipinski definition) is 3. The van der Waals surface area contributed by atoms with Gasteiger partial charge in [-0.2, -0.15) is 0 Å². The average molecular weight is 301 g/mol. The molecular weight excluding hydrogens is 284 g/mol. The van der Waals surface area contributed by atoms with Crippen LogP contribution in [0.2, 0.25) is 0 Å². The lowest BCUT2D eigenvalue weighted by atomic mass is 10.2. The van der Waals surface area contributed by atoms with Crippen LogP contribution in [0.25, 0.3) is 0 Å². The minimum atomic E-state index is -0.157. The van der Waals surface area contributed by atoms with Crippen molar-refractivity contribution in [1.82, 2.24) is 10.3 Å². The first-order valence-corrected chi connectivity index (χ1v) is 6.51. The summed E-state index contributed by atoms with van der Waals surface area (Å²) in [5, 5.41) is 2.85. The molecule has 1 rings (SSSR count). The van der Waals surface area contributed by atoms with Gasteiger partial charge in [-0.3, -0.25) is 4.79 Å². The van der Waals surface area contributed by atoms with E-state index in [1.807, 2.05) is 0 Å². The average Bonchev–Trinajstić information content (AvgIpc) is 2.36. The molecule has 0 spiro atoms. The Morgan fingerprint density at radius 1 is 1.65 bits per heavy atom. The Kier molecular flexibility index (Phi) is 5.97. The van der Waals surface area contributed by atoms with E-state index in [4.69, 9.17) is 4.74 Å². The van der Waals surface area contributed by atoms with E-state index in [9.17, 15) is 4.79 Å². The summed E-state index contributed by atoms with van der Waals surface area (Å²) in [5.74, 6) is 0.196. The first-order valence-electron chi connectivity index (χ1n) is 5.60. The van der Waals surface area contributed by atoms with Crippen molar-refractivity contribution in [3.63, 3.8) is 0 Å². The molecule has 1 N–H and O–H groups in total. The Morgan fingerprint density at radius 3 is 3.06 bits per heavy atom. The highest BCUT2D eigenvalue weighted by Crippen LogP contribution is 2.13. The molecule has 94 valence electrons. The van der Waals surface area contributed by atoms with Crippen LogP contribution in [0.4, 0.5) is 0 Å². The fourth-order valence-electron chi connectivity index (χ4n) is 1.44. The number of halogens is 1. The zero-order valence-electron chi connectivity index (χ0n) is 10.1. The number of amides is 1. The Morgan fingerprint density at radius 2 is 2.41 bits per heavy atom. The summed E-state index contributed by atoms with van der Waals surface area (Å²) < 4.78 is 5.04. The van der Waals surface area contributed by atoms with Crippen LogP contribution in [0.1, 0.15) is 30.1 Å². The molecule has 1 atom stereocenters. The Bertz CT molecular complexity index is 371. The Labute approximate surface area is 110 Å². The molecular formula is C12H17BrN2O2. The molecule has 4 nitrogen and oxygen atoms in total. The molecule has 0 aliphatic carbocycles. The quantitative estimate of drug-likeness (QED) is 0.821. The minimum Gasteiger partial charge on any atom is -0.480 e. The van der Waals surface area contributed by atoms with E-state index < -0.39 is 0 Å². The van der Waals surface area contributed by atoms with Gasteiger partial charge in [0.2, 0.25) is 5.88 Å². The second-order valence-corrected chi connectivity index (χ2v) is 4.95. The van der Waals surface area contributed by atoms with Crippen molar-refractivity contribution in [3.8, 4) is 5.88 Å². The minimum absolute atomic E-state index is 0.157. The predicted molar refractivity (Wildman–Crippen MR) is 70.7 cm³/mol. The molecule has 17 heavy (non-hydrogen) atoms. The van der Waals surface area contributed by atoms with E-state index in [-0.39, 0.29) is 5.91 Å². The van der Waals surface area contributed by atoms with E-state index in [2.05, 4.69) is 33.2 Å². The number of aromatic nitrogens is 1. The Balaban J connectivity index is 2.58. The molecule has 1 amide bonds. The molecule has 1 aromatic heterocycles. The van der Waals surface area contributed by atoms with Crippen molar-refractivity contribution < 1.29 is 9.53 Å². The summed E-state index contributed by atoms with van der Waals surface area (Å²) >= 11 is 3.51. The van der Waals surface area contributed by atoms with Gasteiger partial charge in [-0.05, 0) is 18.6 Å². The number of pyridine rings is 1. The summed E-state index contributed by atoms with van der Waals surface area (Å²) in [5.41, 5.74) is 0.464. The number of alkyl halides is 1. The van der Waals surface area contributed by atoms with Crippen LogP contribution in [0, 0.1) is 0 Å². The predicted octanol–water partition coefficient (Wildman–Crippen LogP) is 2.38. The van der Waals surface area contributed by atoms with E-state index in [1.54, 1.807) is 18.3 Å². The normalized spacial score (nSPS) is 11.9. The maximum absolute atomic E-state index is 11.9. The number of nitrogens with zero attached hydrogens (tertiary/aromatic N) is 1. The number of hydrogen-bond donors (Lipinski definition) is 1. The largest absolute Gasteiger partial charge is 0.480 e. The van der Waals surface area contributed by atoms with Crippen molar-refractivity contribution in [1.29, 1.82) is 0 Å². The Hall–Kier alpha value is -1.10. The SMILES string of the molecule is CCCC(Br)CNC(=O)c1cccnc1OC. The van der Waals surface area contributed by atoms with Crippen LogP contribution in [0.15, 0.2) is 18.3 Å². The van der Waals surface area contributed by atoms with Crippen molar-refractivity contribution in [2.45, 2.75) is 24.6 Å². The molecule has 0 fully saturated rings. The van der Waals surface area contributed by atoms with Crippen LogP contribution in [0.5, 0.6) is 5.88 Å². The highest BCUT2D eigenvalue weighted by Gasteiger charge is 2.13. The smallest absolute Gasteiger partial charge is 0.256 e. The lowest BCUT2D eigenvalue weighted by Gasteiger charge is -2.11. The van der Waals surface area contributed by atoms with E-state index in [0.29, 0.717) is 22.8 Å². The summed E-state index contributed by atoms with van der Waals surface area (Å²) in [7, 11) is 1.50. The van der Waals surface area contributed by atoms with Gasteiger partial charge in [0.05, 0.1) is 7.11 Å². The molecule has 0 bridgehead atoms. The first kappa shape index (κ1) is 14.0. The lowest BCUT2D eigenvalue weighted by molar-refractivity contribution is 0.0950. The van der Waals surface area contributed by atoms with Gasteiger partial charge in [0.25, 0.3) is 5.91 Å². The number of rotatable bonds is 6. The molecule has 1 aromatic rings. The second-order valence-electron chi connectivity index (χ2n) is 3.66. The van der Waals surface area contributed by atoms with Crippen molar-refractivity contribution in [3.05, 3.63) is 23.9 Å². The zero-order valence-corrected chi connectivity index (χ0v) is 11.7. The molecule has 5 heteroatoms. The molecule has 0 aromatic carbocycles. The van der Waals surface area contributed by atoms with Crippen LogP contribution in [-0.4, -0.2) is 29.4 Å². The molecule has 0 saturated heterocycles. The van der Waals surface area contributed by atoms with Crippen LogP contribution < -0.4 is 10.1 Å². The fourth-order valence-corrected chi connectivity index (χ4v) is 2.06. The van der Waals surface area contributed by atoms with Gasteiger partial charge in [-0.25, -0.2) is 4.98 Å². The van der Waals surface area contributed by atoms with E-state index in [1.165, 1.54) is 7.11 Å². The van der Waals surface area contributed by atoms with Crippen molar-refractivity contribution in [2.24, 2.45) is 0 Å². The van der Waals surface area contributed by atoms with Crippen molar-refractivity contribution in [2.75, 3.05) is 13.7 Å². The summed E-state index contributed by atoms with van der Waals surface area (Å²) in [4.78, 5) is 16.2. The second kappa shape index (κ2) is 7.27. The summed E-state index contributed by atoms with van der Waals surface area (Å²) in [6, 6.07) is 3.42. The standard InChI is InChI=1S/C12H17BrN2O2/c1-3-5-9(13)8-15-11(16)10-6-4-7-14-12(10)17-2/h4,6-7,9H,3,5,8H2,1-2H3,(H,15,16). The maximum atomic E-state index is 11.9. The third-order valence-corrected chi connectivity index (χ3v) is 3.08. The van der Waals surface area contributed by atoms with E-state index in [0.717, 1.165) is 12.8 Å². The number of methoxy groups -OCH3 is 1. The lowest BCUT2D eigenvalue weighted by Crippen LogP contribution is -2.29. The van der Waals surface area contributed by atoms with Crippen molar-refractivity contribution >= 4 is 21.8 Å². The monoisotopic (exact) mass is 300 g/mol. The molecule has 1 unspecified atom stereocenters. The molecule has 0 radical (unpaired) electrons. The van der Waals surface area contributed by atoms with Crippen LogP contribution in [0.3, 0.4) is 0 Å². The van der Waals surface area contributed by atoms with Crippen LogP contribution >= 0.6 is 15.9 Å². The molecule has 0 saturated carbocycles.